The van der Waals surface area contributed by atoms with E-state index in [1.54, 1.807) is 0 Å². The SMILES string of the molecule is O=C(CCBr)N1CCc2noc(-c3ccc(Cl)cc3)c2C1. The second kappa shape index (κ2) is 6.20. The van der Waals surface area contributed by atoms with Gasteiger partial charge in [0.1, 0.15) is 0 Å². The van der Waals surface area contributed by atoms with Crippen LogP contribution in [0.25, 0.3) is 11.3 Å². The van der Waals surface area contributed by atoms with E-state index in [9.17, 15) is 4.79 Å². The van der Waals surface area contributed by atoms with Crippen LogP contribution in [0.15, 0.2) is 28.8 Å². The average molecular weight is 370 g/mol. The molecule has 0 N–H and O–H groups in total. The number of nitrogens with zero attached hydrogens (tertiary/aromatic N) is 2. The van der Waals surface area contributed by atoms with Crippen LogP contribution in [0.5, 0.6) is 0 Å². The Morgan fingerprint density at radius 2 is 2.14 bits per heavy atom. The van der Waals surface area contributed by atoms with Crippen molar-refractivity contribution < 1.29 is 9.32 Å². The monoisotopic (exact) mass is 368 g/mol. The van der Waals surface area contributed by atoms with Gasteiger partial charge in [0.15, 0.2) is 5.76 Å². The molecule has 0 spiro atoms. The van der Waals surface area contributed by atoms with E-state index in [0.29, 0.717) is 29.9 Å². The molecule has 21 heavy (non-hydrogen) atoms. The summed E-state index contributed by atoms with van der Waals surface area (Å²) in [6.07, 6.45) is 1.25. The van der Waals surface area contributed by atoms with Crippen LogP contribution in [0.2, 0.25) is 5.02 Å². The molecule has 1 aliphatic rings. The summed E-state index contributed by atoms with van der Waals surface area (Å²) in [5, 5.41) is 5.51. The van der Waals surface area contributed by atoms with E-state index >= 15 is 0 Å². The fraction of sp³-hybridized carbons (Fsp3) is 0.333. The third kappa shape index (κ3) is 2.99. The summed E-state index contributed by atoms with van der Waals surface area (Å²) < 4.78 is 5.49. The van der Waals surface area contributed by atoms with Gasteiger partial charge in [-0.05, 0) is 24.3 Å². The second-order valence-electron chi connectivity index (χ2n) is 4.95. The van der Waals surface area contributed by atoms with Crippen LogP contribution in [0.4, 0.5) is 0 Å². The molecule has 0 unspecified atom stereocenters. The summed E-state index contributed by atoms with van der Waals surface area (Å²) in [4.78, 5) is 13.9. The van der Waals surface area contributed by atoms with Gasteiger partial charge in [0.05, 0.1) is 12.2 Å². The minimum Gasteiger partial charge on any atom is -0.356 e. The first-order valence-electron chi connectivity index (χ1n) is 6.76. The van der Waals surface area contributed by atoms with E-state index in [1.165, 1.54) is 0 Å². The first-order chi connectivity index (χ1) is 10.2. The van der Waals surface area contributed by atoms with Crippen molar-refractivity contribution in [3.8, 4) is 11.3 Å². The van der Waals surface area contributed by atoms with Crippen LogP contribution in [0.3, 0.4) is 0 Å². The lowest BCUT2D eigenvalue weighted by Crippen LogP contribution is -2.35. The molecule has 1 aliphatic heterocycles. The first-order valence-corrected chi connectivity index (χ1v) is 8.26. The van der Waals surface area contributed by atoms with Gasteiger partial charge in [-0.1, -0.05) is 32.7 Å². The second-order valence-corrected chi connectivity index (χ2v) is 6.18. The number of halogens is 2. The molecule has 4 nitrogen and oxygen atoms in total. The molecule has 0 radical (unpaired) electrons. The molecule has 0 aliphatic carbocycles. The van der Waals surface area contributed by atoms with Crippen LogP contribution in [-0.4, -0.2) is 27.8 Å². The maximum Gasteiger partial charge on any atom is 0.223 e. The van der Waals surface area contributed by atoms with Gasteiger partial charge in [-0.2, -0.15) is 0 Å². The average Bonchev–Trinajstić information content (AvgIpc) is 2.91. The number of amides is 1. The van der Waals surface area contributed by atoms with Gasteiger partial charge in [-0.3, -0.25) is 4.79 Å². The third-order valence-electron chi connectivity index (χ3n) is 3.60. The van der Waals surface area contributed by atoms with Crippen molar-refractivity contribution in [2.45, 2.75) is 19.4 Å². The van der Waals surface area contributed by atoms with E-state index in [2.05, 4.69) is 21.1 Å². The van der Waals surface area contributed by atoms with Crippen molar-refractivity contribution in [2.24, 2.45) is 0 Å². The molecule has 0 fully saturated rings. The van der Waals surface area contributed by atoms with Crippen molar-refractivity contribution in [1.29, 1.82) is 0 Å². The lowest BCUT2D eigenvalue weighted by atomic mass is 10.0. The number of rotatable bonds is 3. The van der Waals surface area contributed by atoms with E-state index in [0.717, 1.165) is 29.0 Å². The van der Waals surface area contributed by atoms with Crippen LogP contribution < -0.4 is 0 Å². The Balaban J connectivity index is 1.89. The minimum atomic E-state index is 0.154. The number of alkyl halides is 1. The van der Waals surface area contributed by atoms with Gasteiger partial charge >= 0.3 is 0 Å². The summed E-state index contributed by atoms with van der Waals surface area (Å²) in [6, 6.07) is 7.45. The molecule has 1 aromatic carbocycles. The standard InChI is InChI=1S/C15H14BrClN2O2/c16-7-5-14(20)19-8-6-13-12(9-19)15(21-18-13)10-1-3-11(17)4-2-10/h1-4H,5-9H2. The summed E-state index contributed by atoms with van der Waals surface area (Å²) >= 11 is 9.22. The minimum absolute atomic E-state index is 0.154. The van der Waals surface area contributed by atoms with Gasteiger partial charge in [0.2, 0.25) is 5.91 Å². The van der Waals surface area contributed by atoms with Crippen LogP contribution in [0.1, 0.15) is 17.7 Å². The zero-order valence-electron chi connectivity index (χ0n) is 11.3. The molecule has 0 saturated carbocycles. The number of benzene rings is 1. The Kier molecular flexibility index (Phi) is 4.31. The Morgan fingerprint density at radius 1 is 1.38 bits per heavy atom. The molecule has 1 aromatic heterocycles. The van der Waals surface area contributed by atoms with Gasteiger partial charge < -0.3 is 9.42 Å². The molecule has 6 heteroatoms. The Morgan fingerprint density at radius 3 is 2.86 bits per heavy atom. The van der Waals surface area contributed by atoms with E-state index < -0.39 is 0 Å². The number of carbonyl (C=O) groups is 1. The molecule has 3 rings (SSSR count). The molecule has 2 aromatic rings. The van der Waals surface area contributed by atoms with Gasteiger partial charge in [-0.25, -0.2) is 0 Å². The van der Waals surface area contributed by atoms with Crippen molar-refractivity contribution >= 4 is 33.4 Å². The molecular weight excluding hydrogens is 356 g/mol. The topological polar surface area (TPSA) is 46.3 Å². The van der Waals surface area contributed by atoms with Crippen LogP contribution in [0, 0.1) is 0 Å². The van der Waals surface area contributed by atoms with Crippen LogP contribution in [-0.2, 0) is 17.8 Å². The Labute approximate surface area is 136 Å². The molecule has 0 bridgehead atoms. The maximum atomic E-state index is 12.0. The predicted molar refractivity (Wildman–Crippen MR) is 84.5 cm³/mol. The lowest BCUT2D eigenvalue weighted by Gasteiger charge is -2.26. The Bertz CT molecular complexity index is 654. The zero-order valence-corrected chi connectivity index (χ0v) is 13.7. The number of fused-ring (bicyclic) bond motifs is 1. The molecule has 1 amide bonds. The Hall–Kier alpha value is -1.33. The number of aromatic nitrogens is 1. The van der Waals surface area contributed by atoms with Crippen molar-refractivity contribution in [2.75, 3.05) is 11.9 Å². The highest BCUT2D eigenvalue weighted by molar-refractivity contribution is 9.09. The quantitative estimate of drug-likeness (QED) is 0.776. The van der Waals surface area contributed by atoms with Gasteiger partial charge in [0, 0.05) is 40.9 Å². The zero-order chi connectivity index (χ0) is 14.8. The smallest absolute Gasteiger partial charge is 0.223 e. The molecule has 110 valence electrons. The highest BCUT2D eigenvalue weighted by Crippen LogP contribution is 2.31. The molecule has 2 heterocycles. The lowest BCUT2D eigenvalue weighted by molar-refractivity contribution is -0.131. The number of hydrogen-bond acceptors (Lipinski definition) is 3. The highest BCUT2D eigenvalue weighted by Gasteiger charge is 2.26. The summed E-state index contributed by atoms with van der Waals surface area (Å²) in [6.45, 7) is 1.26. The molecule has 0 atom stereocenters. The summed E-state index contributed by atoms with van der Waals surface area (Å²) in [5.41, 5.74) is 2.89. The van der Waals surface area contributed by atoms with Crippen molar-refractivity contribution in [3.05, 3.63) is 40.5 Å². The van der Waals surface area contributed by atoms with Crippen LogP contribution >= 0.6 is 27.5 Å². The molecular formula is C15H14BrClN2O2. The normalized spacial score (nSPS) is 14.1. The van der Waals surface area contributed by atoms with E-state index in [-0.39, 0.29) is 5.91 Å². The third-order valence-corrected chi connectivity index (χ3v) is 4.25. The summed E-state index contributed by atoms with van der Waals surface area (Å²) in [5.74, 6) is 0.888. The van der Waals surface area contributed by atoms with Gasteiger partial charge in [-0.15, -0.1) is 0 Å². The fourth-order valence-corrected chi connectivity index (χ4v) is 2.96. The predicted octanol–water partition coefficient (Wildman–Crippen LogP) is 3.66. The number of hydrogen-bond donors (Lipinski definition) is 0. The summed E-state index contributed by atoms with van der Waals surface area (Å²) in [7, 11) is 0. The largest absolute Gasteiger partial charge is 0.356 e. The first kappa shape index (κ1) is 14.6. The maximum absolute atomic E-state index is 12.0. The van der Waals surface area contributed by atoms with E-state index in [4.69, 9.17) is 16.1 Å². The van der Waals surface area contributed by atoms with Gasteiger partial charge in [0.25, 0.3) is 0 Å². The number of carbonyl (C=O) groups excluding carboxylic acids is 1. The fourth-order valence-electron chi connectivity index (χ4n) is 2.49. The van der Waals surface area contributed by atoms with E-state index in [1.807, 2.05) is 29.2 Å². The molecule has 0 saturated heterocycles. The highest BCUT2D eigenvalue weighted by atomic mass is 79.9. The van der Waals surface area contributed by atoms with Crippen molar-refractivity contribution in [1.82, 2.24) is 10.1 Å². The van der Waals surface area contributed by atoms with Crippen molar-refractivity contribution in [3.63, 3.8) is 0 Å².